The smallest absolute Gasteiger partial charge is 0.299 e. The van der Waals surface area contributed by atoms with Crippen molar-refractivity contribution in [3.05, 3.63) is 23.8 Å². The van der Waals surface area contributed by atoms with E-state index in [1.54, 1.807) is 20.0 Å². The van der Waals surface area contributed by atoms with Crippen LogP contribution >= 0.6 is 0 Å². The molecule has 1 aromatic rings. The SMILES string of the molecule is CC(=O)N1CCN(c2ccc3c(c2)N(C)C(=O)C3=O)CC1. The summed E-state index contributed by atoms with van der Waals surface area (Å²) in [7, 11) is 1.61. The molecule has 2 heterocycles. The maximum Gasteiger partial charge on any atom is 0.299 e. The molecular weight excluding hydrogens is 270 g/mol. The average Bonchev–Trinajstić information content (AvgIpc) is 2.72. The molecule has 2 amide bonds. The predicted octanol–water partition coefficient (Wildman–Crippen LogP) is 0.514. The van der Waals surface area contributed by atoms with Crippen LogP contribution in [0.3, 0.4) is 0 Å². The third kappa shape index (κ3) is 2.16. The van der Waals surface area contributed by atoms with Gasteiger partial charge in [0.05, 0.1) is 11.3 Å². The molecule has 0 N–H and O–H groups in total. The quantitative estimate of drug-likeness (QED) is 0.706. The molecule has 2 aliphatic rings. The van der Waals surface area contributed by atoms with Crippen molar-refractivity contribution in [3.63, 3.8) is 0 Å². The standard InChI is InChI=1S/C15H17N3O3/c1-10(19)17-5-7-18(8-6-17)11-3-4-12-13(9-11)16(2)15(21)14(12)20/h3-4,9H,5-8H2,1-2H3. The number of Topliss-reactive ketones (excluding diaryl/α,β-unsaturated/α-hetero) is 1. The second kappa shape index (κ2) is 4.87. The molecule has 110 valence electrons. The first-order chi connectivity index (χ1) is 9.99. The lowest BCUT2D eigenvalue weighted by molar-refractivity contribution is -0.129. The van der Waals surface area contributed by atoms with E-state index < -0.39 is 11.7 Å². The van der Waals surface area contributed by atoms with Crippen molar-refractivity contribution in [2.75, 3.05) is 43.0 Å². The first-order valence-corrected chi connectivity index (χ1v) is 6.96. The number of nitrogens with zero attached hydrogens (tertiary/aromatic N) is 3. The van der Waals surface area contributed by atoms with Crippen LogP contribution in [0, 0.1) is 0 Å². The van der Waals surface area contributed by atoms with Gasteiger partial charge in [-0.05, 0) is 18.2 Å². The number of rotatable bonds is 1. The molecule has 0 aliphatic carbocycles. The normalized spacial score (nSPS) is 18.3. The zero-order valence-electron chi connectivity index (χ0n) is 12.1. The second-order valence-corrected chi connectivity index (χ2v) is 5.39. The van der Waals surface area contributed by atoms with Gasteiger partial charge in [0.15, 0.2) is 0 Å². The molecule has 6 heteroatoms. The highest BCUT2D eigenvalue weighted by Crippen LogP contribution is 2.32. The molecule has 1 fully saturated rings. The molecule has 21 heavy (non-hydrogen) atoms. The van der Waals surface area contributed by atoms with Gasteiger partial charge in [-0.15, -0.1) is 0 Å². The van der Waals surface area contributed by atoms with Gasteiger partial charge in [0.2, 0.25) is 5.91 Å². The molecule has 1 saturated heterocycles. The fraction of sp³-hybridized carbons (Fsp3) is 0.400. The second-order valence-electron chi connectivity index (χ2n) is 5.39. The summed E-state index contributed by atoms with van der Waals surface area (Å²) in [6.45, 7) is 4.48. The van der Waals surface area contributed by atoms with Crippen LogP contribution in [-0.2, 0) is 9.59 Å². The van der Waals surface area contributed by atoms with Crippen molar-refractivity contribution in [3.8, 4) is 0 Å². The van der Waals surface area contributed by atoms with Crippen molar-refractivity contribution in [1.82, 2.24) is 4.90 Å². The molecule has 0 unspecified atom stereocenters. The summed E-state index contributed by atoms with van der Waals surface area (Å²) in [5.74, 6) is -0.830. The van der Waals surface area contributed by atoms with Crippen molar-refractivity contribution in [2.45, 2.75) is 6.92 Å². The lowest BCUT2D eigenvalue weighted by Gasteiger charge is -2.35. The van der Waals surface area contributed by atoms with E-state index in [1.165, 1.54) is 4.90 Å². The van der Waals surface area contributed by atoms with Gasteiger partial charge < -0.3 is 14.7 Å². The molecule has 1 aromatic carbocycles. The van der Waals surface area contributed by atoms with Crippen LogP contribution in [-0.4, -0.2) is 55.7 Å². The molecule has 3 rings (SSSR count). The number of amides is 2. The van der Waals surface area contributed by atoms with E-state index in [0.29, 0.717) is 24.3 Å². The van der Waals surface area contributed by atoms with Crippen LogP contribution < -0.4 is 9.80 Å². The van der Waals surface area contributed by atoms with Gasteiger partial charge in [-0.1, -0.05) is 0 Å². The van der Waals surface area contributed by atoms with Crippen LogP contribution in [0.2, 0.25) is 0 Å². The molecule has 0 spiro atoms. The van der Waals surface area contributed by atoms with Gasteiger partial charge in [0.25, 0.3) is 11.7 Å². The number of piperazine rings is 1. The van der Waals surface area contributed by atoms with E-state index in [-0.39, 0.29) is 5.91 Å². The predicted molar refractivity (Wildman–Crippen MR) is 78.6 cm³/mol. The summed E-state index contributed by atoms with van der Waals surface area (Å²) < 4.78 is 0. The Balaban J connectivity index is 1.82. The van der Waals surface area contributed by atoms with Gasteiger partial charge in [-0.25, -0.2) is 0 Å². The highest BCUT2D eigenvalue weighted by atomic mass is 16.2. The number of carbonyl (C=O) groups excluding carboxylic acids is 3. The van der Waals surface area contributed by atoms with Crippen LogP contribution in [0.15, 0.2) is 18.2 Å². The molecule has 0 aromatic heterocycles. The molecule has 0 bridgehead atoms. The summed E-state index contributed by atoms with van der Waals surface area (Å²) in [5, 5.41) is 0. The minimum Gasteiger partial charge on any atom is -0.368 e. The van der Waals surface area contributed by atoms with Gasteiger partial charge in [0.1, 0.15) is 0 Å². The topological polar surface area (TPSA) is 60.9 Å². The first-order valence-electron chi connectivity index (χ1n) is 6.96. The molecule has 6 nitrogen and oxygen atoms in total. The number of likely N-dealkylation sites (N-methyl/N-ethyl adjacent to an activating group) is 1. The fourth-order valence-electron chi connectivity index (χ4n) is 2.84. The van der Waals surface area contributed by atoms with Gasteiger partial charge in [-0.3, -0.25) is 14.4 Å². The number of hydrogen-bond donors (Lipinski definition) is 0. The van der Waals surface area contributed by atoms with E-state index in [2.05, 4.69) is 4.90 Å². The van der Waals surface area contributed by atoms with Crippen molar-refractivity contribution in [2.24, 2.45) is 0 Å². The number of fused-ring (bicyclic) bond motifs is 1. The number of hydrogen-bond acceptors (Lipinski definition) is 4. The number of anilines is 2. The summed E-state index contributed by atoms with van der Waals surface area (Å²) >= 11 is 0. The Hall–Kier alpha value is -2.37. The Morgan fingerprint density at radius 1 is 1.10 bits per heavy atom. The largest absolute Gasteiger partial charge is 0.368 e. The molecule has 0 saturated carbocycles. The number of benzene rings is 1. The van der Waals surface area contributed by atoms with Crippen molar-refractivity contribution < 1.29 is 14.4 Å². The maximum atomic E-state index is 11.8. The fourth-order valence-corrected chi connectivity index (χ4v) is 2.84. The molecule has 0 radical (unpaired) electrons. The highest BCUT2D eigenvalue weighted by molar-refractivity contribution is 6.52. The third-order valence-electron chi connectivity index (χ3n) is 4.18. The third-order valence-corrected chi connectivity index (χ3v) is 4.18. The Morgan fingerprint density at radius 3 is 2.38 bits per heavy atom. The van der Waals surface area contributed by atoms with Gasteiger partial charge >= 0.3 is 0 Å². The minimum absolute atomic E-state index is 0.0968. The van der Waals surface area contributed by atoms with Gasteiger partial charge in [-0.2, -0.15) is 0 Å². The maximum absolute atomic E-state index is 11.8. The average molecular weight is 287 g/mol. The van der Waals surface area contributed by atoms with Crippen LogP contribution in [0.1, 0.15) is 17.3 Å². The summed E-state index contributed by atoms with van der Waals surface area (Å²) in [6.07, 6.45) is 0. The minimum atomic E-state index is -0.483. The number of ketones is 1. The van der Waals surface area contributed by atoms with E-state index in [0.717, 1.165) is 18.8 Å². The Bertz CT molecular complexity index is 633. The van der Waals surface area contributed by atoms with Crippen molar-refractivity contribution in [1.29, 1.82) is 0 Å². The van der Waals surface area contributed by atoms with Crippen molar-refractivity contribution >= 4 is 29.0 Å². The van der Waals surface area contributed by atoms with E-state index in [1.807, 2.05) is 17.0 Å². The van der Waals surface area contributed by atoms with Crippen LogP contribution in [0.5, 0.6) is 0 Å². The van der Waals surface area contributed by atoms with Crippen LogP contribution in [0.25, 0.3) is 0 Å². The lowest BCUT2D eigenvalue weighted by atomic mass is 10.1. The molecule has 2 aliphatic heterocycles. The van der Waals surface area contributed by atoms with E-state index in [9.17, 15) is 14.4 Å². The lowest BCUT2D eigenvalue weighted by Crippen LogP contribution is -2.48. The Kier molecular flexibility index (Phi) is 3.16. The molecule has 0 atom stereocenters. The highest BCUT2D eigenvalue weighted by Gasteiger charge is 2.33. The zero-order valence-corrected chi connectivity index (χ0v) is 12.1. The Morgan fingerprint density at radius 2 is 1.76 bits per heavy atom. The van der Waals surface area contributed by atoms with Gasteiger partial charge in [0, 0.05) is 45.8 Å². The van der Waals surface area contributed by atoms with E-state index >= 15 is 0 Å². The Labute approximate surface area is 122 Å². The summed E-state index contributed by atoms with van der Waals surface area (Å²) in [6, 6.07) is 5.46. The molecular formula is C15H17N3O3. The summed E-state index contributed by atoms with van der Waals surface area (Å²) in [5.41, 5.74) is 2.11. The monoisotopic (exact) mass is 287 g/mol. The first kappa shape index (κ1) is 13.6. The number of carbonyl (C=O) groups is 3. The summed E-state index contributed by atoms with van der Waals surface area (Å²) in [4.78, 5) is 40.2. The zero-order chi connectivity index (χ0) is 15.1. The van der Waals surface area contributed by atoms with E-state index in [4.69, 9.17) is 0 Å². The van der Waals surface area contributed by atoms with Crippen LogP contribution in [0.4, 0.5) is 11.4 Å².